The predicted molar refractivity (Wildman–Crippen MR) is 114 cm³/mol. The maximum atomic E-state index is 13.1. The monoisotopic (exact) mass is 436 g/mol. The first-order chi connectivity index (χ1) is 13.7. The first kappa shape index (κ1) is 23.4. The SMILES string of the molecule is CC=CC=CC(O)(P(=O)(O)CCc1ccncc1)P(=O)(O)CCc1ccncc1. The van der Waals surface area contributed by atoms with Gasteiger partial charge in [-0.25, -0.2) is 0 Å². The Kier molecular flexibility index (Phi) is 8.26. The van der Waals surface area contributed by atoms with Crippen LogP contribution in [0.3, 0.4) is 0 Å². The van der Waals surface area contributed by atoms with Crippen molar-refractivity contribution >= 4 is 14.7 Å². The molecule has 0 aliphatic rings. The number of pyridine rings is 2. The van der Waals surface area contributed by atoms with E-state index in [9.17, 15) is 24.0 Å². The van der Waals surface area contributed by atoms with Crippen molar-refractivity contribution in [1.82, 2.24) is 9.97 Å². The lowest BCUT2D eigenvalue weighted by Gasteiger charge is -2.34. The Morgan fingerprint density at radius 3 is 1.66 bits per heavy atom. The van der Waals surface area contributed by atoms with Crippen LogP contribution < -0.4 is 0 Å². The fourth-order valence-electron chi connectivity index (χ4n) is 2.76. The van der Waals surface area contributed by atoms with Crippen molar-refractivity contribution in [3.05, 3.63) is 84.5 Å². The molecule has 2 heterocycles. The van der Waals surface area contributed by atoms with Gasteiger partial charge in [0.05, 0.1) is 0 Å². The minimum atomic E-state index is -4.47. The molecule has 2 rings (SSSR count). The molecule has 29 heavy (non-hydrogen) atoms. The topological polar surface area (TPSA) is 121 Å². The van der Waals surface area contributed by atoms with Crippen molar-refractivity contribution in [1.29, 1.82) is 0 Å². The van der Waals surface area contributed by atoms with Crippen LogP contribution in [0.2, 0.25) is 0 Å². The molecule has 0 aromatic carbocycles. The summed E-state index contributed by atoms with van der Waals surface area (Å²) in [6.45, 7) is 1.73. The van der Waals surface area contributed by atoms with Crippen LogP contribution in [0.25, 0.3) is 0 Å². The van der Waals surface area contributed by atoms with E-state index in [0.717, 1.165) is 17.2 Å². The van der Waals surface area contributed by atoms with Crippen LogP contribution in [0.4, 0.5) is 0 Å². The summed E-state index contributed by atoms with van der Waals surface area (Å²) in [5, 5.41) is 8.34. The van der Waals surface area contributed by atoms with Crippen LogP contribution in [0.1, 0.15) is 18.1 Å². The molecule has 3 N–H and O–H groups in total. The van der Waals surface area contributed by atoms with Gasteiger partial charge < -0.3 is 14.9 Å². The molecule has 0 spiro atoms. The van der Waals surface area contributed by atoms with Crippen molar-refractivity contribution < 1.29 is 24.0 Å². The van der Waals surface area contributed by atoms with Gasteiger partial charge in [0.1, 0.15) is 0 Å². The van der Waals surface area contributed by atoms with Crippen molar-refractivity contribution in [3.8, 4) is 0 Å². The van der Waals surface area contributed by atoms with Crippen LogP contribution in [-0.4, -0.2) is 42.3 Å². The van der Waals surface area contributed by atoms with E-state index in [4.69, 9.17) is 0 Å². The molecule has 2 aromatic heterocycles. The molecule has 0 saturated carbocycles. The molecule has 7 nitrogen and oxygen atoms in total. The highest BCUT2D eigenvalue weighted by atomic mass is 31.2. The van der Waals surface area contributed by atoms with Gasteiger partial charge in [-0.3, -0.25) is 19.1 Å². The molecule has 156 valence electrons. The largest absolute Gasteiger partial charge is 0.368 e. The summed E-state index contributed by atoms with van der Waals surface area (Å²) >= 11 is 0. The quantitative estimate of drug-likeness (QED) is 0.385. The second-order valence-corrected chi connectivity index (χ2v) is 12.1. The zero-order valence-corrected chi connectivity index (χ0v) is 18.0. The predicted octanol–water partition coefficient (Wildman–Crippen LogP) is 3.58. The third kappa shape index (κ3) is 6.05. The molecular formula is C20H26N2O5P2. The van der Waals surface area contributed by atoms with E-state index >= 15 is 0 Å². The number of aliphatic hydroxyl groups is 1. The third-order valence-electron chi connectivity index (χ3n) is 4.56. The van der Waals surface area contributed by atoms with Crippen LogP contribution in [-0.2, 0) is 22.0 Å². The number of hydrogen-bond donors (Lipinski definition) is 3. The summed E-state index contributed by atoms with van der Waals surface area (Å²) in [4.78, 5) is 29.2. The molecule has 0 fully saturated rings. The first-order valence-electron chi connectivity index (χ1n) is 9.16. The molecule has 2 unspecified atom stereocenters. The summed E-state index contributed by atoms with van der Waals surface area (Å²) in [6.07, 6.45) is 11.4. The summed E-state index contributed by atoms with van der Waals surface area (Å²) in [7, 11) is -8.95. The fourth-order valence-corrected chi connectivity index (χ4v) is 7.73. The lowest BCUT2D eigenvalue weighted by atomic mass is 10.2. The number of hydrogen-bond acceptors (Lipinski definition) is 5. The Bertz CT molecular complexity index is 869. The number of nitrogens with zero attached hydrogens (tertiary/aromatic N) is 2. The Hall–Kier alpha value is -1.88. The lowest BCUT2D eigenvalue weighted by molar-refractivity contribution is 0.212. The average Bonchev–Trinajstić information content (AvgIpc) is 2.72. The highest BCUT2D eigenvalue weighted by Gasteiger charge is 2.56. The highest BCUT2D eigenvalue weighted by Crippen LogP contribution is 2.72. The lowest BCUT2D eigenvalue weighted by Crippen LogP contribution is -2.29. The van der Waals surface area contributed by atoms with Crippen LogP contribution in [0.5, 0.6) is 0 Å². The molecule has 2 atom stereocenters. The minimum Gasteiger partial charge on any atom is -0.368 e. The van der Waals surface area contributed by atoms with Gasteiger partial charge in [0.2, 0.25) is 19.8 Å². The van der Waals surface area contributed by atoms with E-state index in [1.165, 1.54) is 12.2 Å². The van der Waals surface area contributed by atoms with Crippen molar-refractivity contribution in [2.24, 2.45) is 0 Å². The normalized spacial score (nSPS) is 18.3. The van der Waals surface area contributed by atoms with Gasteiger partial charge >= 0.3 is 0 Å². The standard InChI is InChI=1S/C20H26N2O5P2/c1-2-3-4-11-20(23,28(24,25)16-9-18-5-12-21-13-6-18)29(26,27)17-10-19-7-14-22-15-8-19/h2-8,11-15,23H,9-10,16-17H2,1H3,(H,24,25)(H,26,27). The Balaban J connectivity index is 2.29. The van der Waals surface area contributed by atoms with E-state index in [0.29, 0.717) is 0 Å². The maximum absolute atomic E-state index is 13.1. The van der Waals surface area contributed by atoms with Gasteiger partial charge in [0.15, 0.2) is 0 Å². The van der Waals surface area contributed by atoms with E-state index in [-0.39, 0.29) is 25.2 Å². The van der Waals surface area contributed by atoms with Crippen molar-refractivity contribution in [2.75, 3.05) is 12.3 Å². The molecule has 0 radical (unpaired) electrons. The molecular weight excluding hydrogens is 410 g/mol. The molecule has 0 saturated heterocycles. The summed E-state index contributed by atoms with van der Waals surface area (Å²) < 4.78 is 26.3. The maximum Gasteiger partial charge on any atom is 0.245 e. The number of aromatic nitrogens is 2. The van der Waals surface area contributed by atoms with E-state index in [1.54, 1.807) is 62.1 Å². The van der Waals surface area contributed by atoms with Crippen molar-refractivity contribution in [3.63, 3.8) is 0 Å². The first-order valence-corrected chi connectivity index (χ1v) is 12.9. The van der Waals surface area contributed by atoms with Gasteiger partial charge in [0, 0.05) is 37.1 Å². The van der Waals surface area contributed by atoms with Gasteiger partial charge in [0.25, 0.3) is 0 Å². The van der Waals surface area contributed by atoms with E-state index in [2.05, 4.69) is 9.97 Å². The smallest absolute Gasteiger partial charge is 0.245 e. The second-order valence-electron chi connectivity index (χ2n) is 6.63. The summed E-state index contributed by atoms with van der Waals surface area (Å²) in [5.74, 6) is 0. The van der Waals surface area contributed by atoms with Crippen LogP contribution >= 0.6 is 14.7 Å². The molecule has 0 aliphatic heterocycles. The Morgan fingerprint density at radius 1 is 0.862 bits per heavy atom. The second kappa shape index (κ2) is 10.2. The highest BCUT2D eigenvalue weighted by molar-refractivity contribution is 7.77. The Labute approximate surface area is 170 Å². The molecule has 9 heteroatoms. The van der Waals surface area contributed by atoms with Crippen LogP contribution in [0.15, 0.2) is 73.4 Å². The molecule has 2 aromatic rings. The zero-order chi connectivity index (χ0) is 21.4. The molecule has 0 aliphatic carbocycles. The molecule has 0 amide bonds. The molecule has 0 bridgehead atoms. The van der Waals surface area contributed by atoms with Gasteiger partial charge in [-0.2, -0.15) is 0 Å². The number of aryl methyl sites for hydroxylation is 2. The van der Waals surface area contributed by atoms with E-state index in [1.807, 2.05) is 0 Å². The summed E-state index contributed by atoms with van der Waals surface area (Å²) in [5.41, 5.74) is 1.50. The number of rotatable bonds is 10. The average molecular weight is 436 g/mol. The summed E-state index contributed by atoms with van der Waals surface area (Å²) in [6, 6.07) is 6.76. The van der Waals surface area contributed by atoms with Gasteiger partial charge in [-0.1, -0.05) is 18.2 Å². The van der Waals surface area contributed by atoms with Gasteiger partial charge in [-0.05, 0) is 61.2 Å². The Morgan fingerprint density at radius 2 is 1.28 bits per heavy atom. The minimum absolute atomic E-state index is 0.167. The van der Waals surface area contributed by atoms with Crippen molar-refractivity contribution in [2.45, 2.75) is 24.8 Å². The number of allylic oxidation sites excluding steroid dienone is 3. The third-order valence-corrected chi connectivity index (χ3v) is 10.4. The van der Waals surface area contributed by atoms with Gasteiger partial charge in [-0.15, -0.1) is 0 Å². The van der Waals surface area contributed by atoms with Crippen LogP contribution in [0, 0.1) is 0 Å². The fraction of sp³-hybridized carbons (Fsp3) is 0.300. The van der Waals surface area contributed by atoms with E-state index < -0.39 is 19.8 Å². The zero-order valence-electron chi connectivity index (χ0n) is 16.2.